The smallest absolute Gasteiger partial charge is 0.288 e. The van der Waals surface area contributed by atoms with E-state index < -0.39 is 0 Å². The first-order valence-electron chi connectivity index (χ1n) is 9.04. The number of fused-ring (bicyclic) bond motifs is 3. The molecule has 1 saturated heterocycles. The molecule has 132 valence electrons. The third-order valence-corrected chi connectivity index (χ3v) is 5.37. The minimum atomic E-state index is -0.205. The van der Waals surface area contributed by atoms with Crippen LogP contribution in [-0.4, -0.2) is 30.0 Å². The van der Waals surface area contributed by atoms with Gasteiger partial charge in [0.25, 0.3) is 5.91 Å². The van der Waals surface area contributed by atoms with E-state index in [0.717, 1.165) is 28.2 Å². The molecule has 4 nitrogen and oxygen atoms in total. The van der Waals surface area contributed by atoms with E-state index in [1.807, 2.05) is 41.1 Å². The lowest BCUT2D eigenvalue weighted by Crippen LogP contribution is -2.30. The summed E-state index contributed by atoms with van der Waals surface area (Å²) in [6.45, 7) is 0.600. The maximum Gasteiger partial charge on any atom is 0.288 e. The van der Waals surface area contributed by atoms with Crippen LogP contribution in [-0.2, 0) is 4.79 Å². The number of amides is 1. The number of hydrazine groups is 1. The van der Waals surface area contributed by atoms with Crippen molar-refractivity contribution in [2.45, 2.75) is 5.92 Å². The summed E-state index contributed by atoms with van der Waals surface area (Å²) in [5, 5.41) is 0. The third kappa shape index (κ3) is 2.45. The highest BCUT2D eigenvalue weighted by Crippen LogP contribution is 2.37. The fraction of sp³-hybridized carbons (Fsp3) is 0.130. The zero-order chi connectivity index (χ0) is 18.4. The number of carbonyl (C=O) groups excluding carboxylic acids is 1. The lowest BCUT2D eigenvalue weighted by atomic mass is 9.99. The summed E-state index contributed by atoms with van der Waals surface area (Å²) in [6, 6.07) is 24.5. The Morgan fingerprint density at radius 3 is 1.96 bits per heavy atom. The van der Waals surface area contributed by atoms with Gasteiger partial charge in [-0.25, -0.2) is 0 Å². The number of ether oxygens (including phenoxy) is 1. The van der Waals surface area contributed by atoms with Crippen molar-refractivity contribution in [1.82, 2.24) is 5.43 Å². The first-order chi connectivity index (χ1) is 13.3. The Morgan fingerprint density at radius 1 is 0.852 bits per heavy atom. The van der Waals surface area contributed by atoms with Gasteiger partial charge < -0.3 is 4.74 Å². The van der Waals surface area contributed by atoms with E-state index in [-0.39, 0.29) is 11.8 Å². The molecule has 1 amide bonds. The zero-order valence-electron chi connectivity index (χ0n) is 15.0. The van der Waals surface area contributed by atoms with Crippen LogP contribution >= 0.6 is 0 Å². The van der Waals surface area contributed by atoms with Crippen molar-refractivity contribution in [3.05, 3.63) is 89.5 Å². The maximum atomic E-state index is 12.7. The van der Waals surface area contributed by atoms with Crippen molar-refractivity contribution >= 4 is 11.6 Å². The number of benzene rings is 3. The van der Waals surface area contributed by atoms with Crippen LogP contribution in [0.5, 0.6) is 5.75 Å². The predicted octanol–water partition coefficient (Wildman–Crippen LogP) is 3.35. The molecule has 2 aliphatic rings. The van der Waals surface area contributed by atoms with Crippen LogP contribution in [0.15, 0.2) is 72.8 Å². The number of carbonyl (C=O) groups is 1. The number of hydrogen-bond donors (Lipinski definition) is 1. The van der Waals surface area contributed by atoms with Crippen molar-refractivity contribution < 1.29 is 14.2 Å². The molecule has 5 rings (SSSR count). The summed E-state index contributed by atoms with van der Waals surface area (Å²) in [5.74, 6) is 0.611. The number of rotatable bonds is 2. The molecule has 1 unspecified atom stereocenters. The minimum absolute atomic E-state index is 0.0227. The van der Waals surface area contributed by atoms with E-state index in [1.165, 1.54) is 11.1 Å². The summed E-state index contributed by atoms with van der Waals surface area (Å²) >= 11 is 0. The second-order valence-electron chi connectivity index (χ2n) is 6.85. The molecule has 1 fully saturated rings. The number of methoxy groups -OCH3 is 1. The van der Waals surface area contributed by atoms with Gasteiger partial charge in [-0.1, -0.05) is 48.5 Å². The molecule has 1 N–H and O–H groups in total. The summed E-state index contributed by atoms with van der Waals surface area (Å²) in [5.41, 5.74) is 9.90. The Kier molecular flexibility index (Phi) is 3.57. The first-order valence-corrected chi connectivity index (χ1v) is 9.04. The highest BCUT2D eigenvalue weighted by Gasteiger charge is 2.41. The van der Waals surface area contributed by atoms with Crippen molar-refractivity contribution in [3.8, 4) is 16.9 Å². The molecule has 27 heavy (non-hydrogen) atoms. The van der Waals surface area contributed by atoms with Gasteiger partial charge in [0.1, 0.15) is 11.7 Å². The van der Waals surface area contributed by atoms with E-state index in [4.69, 9.17) is 4.74 Å². The highest BCUT2D eigenvalue weighted by molar-refractivity contribution is 6.22. The molecule has 1 aliphatic carbocycles. The predicted molar refractivity (Wildman–Crippen MR) is 104 cm³/mol. The van der Waals surface area contributed by atoms with Crippen LogP contribution in [0.1, 0.15) is 22.6 Å². The number of nitrogens with one attached hydrogen (secondary N) is 1. The number of nitrogens with zero attached hydrogens (tertiary/aromatic N) is 1. The van der Waals surface area contributed by atoms with Crippen LogP contribution in [0.2, 0.25) is 0 Å². The fourth-order valence-electron chi connectivity index (χ4n) is 4.05. The van der Waals surface area contributed by atoms with E-state index in [9.17, 15) is 4.79 Å². The van der Waals surface area contributed by atoms with Crippen LogP contribution in [0.4, 0.5) is 0 Å². The Labute approximate surface area is 157 Å². The maximum absolute atomic E-state index is 12.7. The zero-order valence-corrected chi connectivity index (χ0v) is 15.0. The Morgan fingerprint density at radius 2 is 1.41 bits per heavy atom. The Balaban J connectivity index is 1.60. The van der Waals surface area contributed by atoms with Gasteiger partial charge in [-0.3, -0.25) is 4.79 Å². The Bertz CT molecular complexity index is 1040. The van der Waals surface area contributed by atoms with E-state index in [1.54, 1.807) is 7.11 Å². The average Bonchev–Trinajstić information content (AvgIpc) is 3.26. The van der Waals surface area contributed by atoms with E-state index >= 15 is 0 Å². The second kappa shape index (κ2) is 6.09. The molecule has 3 aromatic rings. The molecule has 1 atom stereocenters. The van der Waals surface area contributed by atoms with E-state index in [0.29, 0.717) is 6.54 Å². The fourth-order valence-corrected chi connectivity index (χ4v) is 4.05. The monoisotopic (exact) mass is 355 g/mol. The van der Waals surface area contributed by atoms with Gasteiger partial charge in [0, 0.05) is 0 Å². The van der Waals surface area contributed by atoms with Crippen molar-refractivity contribution in [3.63, 3.8) is 0 Å². The van der Waals surface area contributed by atoms with Crippen LogP contribution in [0.3, 0.4) is 0 Å². The molecule has 0 radical (unpaired) electrons. The summed E-state index contributed by atoms with van der Waals surface area (Å²) in [6.07, 6.45) is 0. The van der Waals surface area contributed by atoms with Crippen molar-refractivity contribution in [2.75, 3.05) is 13.7 Å². The molecule has 1 heterocycles. The van der Waals surface area contributed by atoms with Crippen LogP contribution in [0.25, 0.3) is 11.1 Å². The van der Waals surface area contributed by atoms with Gasteiger partial charge in [0.2, 0.25) is 5.71 Å². The molecule has 3 aromatic carbocycles. The molecule has 0 aromatic heterocycles. The topological polar surface area (TPSA) is 41.3 Å². The first kappa shape index (κ1) is 15.8. The van der Waals surface area contributed by atoms with Crippen LogP contribution in [0, 0.1) is 0 Å². The normalized spacial score (nSPS) is 17.5. The molecule has 4 heteroatoms. The Hall–Kier alpha value is -3.40. The summed E-state index contributed by atoms with van der Waals surface area (Å²) < 4.78 is 7.23. The highest BCUT2D eigenvalue weighted by atomic mass is 16.5. The minimum Gasteiger partial charge on any atom is -0.497 e. The van der Waals surface area contributed by atoms with Crippen molar-refractivity contribution in [2.24, 2.45) is 0 Å². The van der Waals surface area contributed by atoms with Gasteiger partial charge >= 0.3 is 0 Å². The second-order valence-corrected chi connectivity index (χ2v) is 6.85. The lowest BCUT2D eigenvalue weighted by Gasteiger charge is -2.04. The molecule has 0 bridgehead atoms. The van der Waals surface area contributed by atoms with Gasteiger partial charge in [0.05, 0.1) is 18.2 Å². The van der Waals surface area contributed by atoms with Crippen LogP contribution < -0.4 is 10.2 Å². The molecule has 1 aliphatic heterocycles. The lowest BCUT2D eigenvalue weighted by molar-refractivity contribution is -0.558. The molecule has 0 saturated carbocycles. The summed E-state index contributed by atoms with van der Waals surface area (Å²) in [7, 11) is 1.64. The number of hydrogen-bond acceptors (Lipinski definition) is 2. The van der Waals surface area contributed by atoms with Gasteiger partial charge in [-0.05, 0) is 41.0 Å². The van der Waals surface area contributed by atoms with Gasteiger partial charge in [-0.15, -0.1) is 10.1 Å². The largest absolute Gasteiger partial charge is 0.497 e. The molecular weight excluding hydrogens is 336 g/mol. The summed E-state index contributed by atoms with van der Waals surface area (Å²) in [4.78, 5) is 12.7. The molecule has 0 spiro atoms. The van der Waals surface area contributed by atoms with Crippen molar-refractivity contribution in [1.29, 1.82) is 0 Å². The van der Waals surface area contributed by atoms with Gasteiger partial charge in [0.15, 0.2) is 6.54 Å². The molecular formula is C23H19N2O2+. The number of hydrazone groups is 1. The van der Waals surface area contributed by atoms with Gasteiger partial charge in [-0.2, -0.15) is 0 Å². The standard InChI is InChI=1S/C23H18N2O2/c1-27-16-12-10-15(11-13-16)21-14-25(24-23(21)26)22-19-8-4-2-6-17(19)18-7-3-5-9-20(18)22/h2-13,21H,14H2,1H3/p+1. The quantitative estimate of drug-likeness (QED) is 0.560. The third-order valence-electron chi connectivity index (χ3n) is 5.37. The van der Waals surface area contributed by atoms with E-state index in [2.05, 4.69) is 41.8 Å². The average molecular weight is 355 g/mol. The SMILES string of the molecule is COc1ccc(C2C[N+](=C3c4ccccc4-c4ccccc43)NC2=O)cc1.